The Labute approximate surface area is 354 Å². The molecule has 6 rings (SSSR count). The van der Waals surface area contributed by atoms with Crippen LogP contribution in [0.15, 0.2) is 48.5 Å². The molecule has 2 fully saturated rings. The number of benzene rings is 2. The number of halogens is 1. The number of hydrogen-bond acceptors (Lipinski definition) is 10. The zero-order valence-corrected chi connectivity index (χ0v) is 36.2. The van der Waals surface area contributed by atoms with Gasteiger partial charge < -0.3 is 35.5 Å². The summed E-state index contributed by atoms with van der Waals surface area (Å²) < 4.78 is 20.3. The first-order valence-corrected chi connectivity index (χ1v) is 18.5. The number of likely N-dealkylation sites (tertiary alicyclic amines) is 2. The SMILES string of the molecule is CC(C)(C)OC(=O)N1C[C@H](O)C[C@H]1C(=O)O.CCn1c(Cl)nc2ccccc21.CCn1c(O[C@@H]2C[C@@H](C(=O)O)N(C(=O)OC(C)(C)C)C2)nc2ccccc21.[H-].[Na+]. The van der Waals surface area contributed by atoms with Gasteiger partial charge in [0.15, 0.2) is 0 Å². The molecule has 4 heterocycles. The second kappa shape index (κ2) is 19.4. The largest absolute Gasteiger partial charge is 1.00 e. The van der Waals surface area contributed by atoms with Crippen LogP contribution in [-0.4, -0.2) is 117 Å². The van der Waals surface area contributed by atoms with Crippen molar-refractivity contribution in [3.63, 3.8) is 0 Å². The second-order valence-electron chi connectivity index (χ2n) is 15.1. The van der Waals surface area contributed by atoms with Crippen molar-refractivity contribution >= 4 is 57.8 Å². The zero-order chi connectivity index (χ0) is 40.8. The number of carboxylic acids is 2. The fraction of sp³-hybridized carbons (Fsp3) is 0.526. The summed E-state index contributed by atoms with van der Waals surface area (Å²) in [6.07, 6.45) is -2.38. The summed E-state index contributed by atoms with van der Waals surface area (Å²) in [6, 6.07) is 14.1. The number of aliphatic hydroxyl groups is 1. The number of ether oxygens (including phenoxy) is 3. The number of carbonyl (C=O) groups is 4. The molecule has 56 heavy (non-hydrogen) atoms. The van der Waals surface area contributed by atoms with Crippen LogP contribution in [0.4, 0.5) is 9.59 Å². The van der Waals surface area contributed by atoms with E-state index in [1.165, 1.54) is 4.90 Å². The van der Waals surface area contributed by atoms with Crippen LogP contribution in [0.1, 0.15) is 69.7 Å². The summed E-state index contributed by atoms with van der Waals surface area (Å²) in [4.78, 5) is 57.5. The Bertz CT molecular complexity index is 2000. The van der Waals surface area contributed by atoms with E-state index in [-0.39, 0.29) is 56.9 Å². The number of β-amino-alcohol motifs (C(OH)–C–C–N with tert-alkyl or cyclic N) is 1. The summed E-state index contributed by atoms with van der Waals surface area (Å²) in [7, 11) is 0. The van der Waals surface area contributed by atoms with E-state index in [0.29, 0.717) is 17.8 Å². The number of aryl methyl sites for hydroxylation is 2. The van der Waals surface area contributed by atoms with Crippen LogP contribution in [0.2, 0.25) is 5.28 Å². The van der Waals surface area contributed by atoms with Gasteiger partial charge in [-0.3, -0.25) is 14.4 Å². The molecule has 0 spiro atoms. The van der Waals surface area contributed by atoms with Gasteiger partial charge in [-0.2, -0.15) is 4.98 Å². The first-order valence-electron chi connectivity index (χ1n) is 18.1. The van der Waals surface area contributed by atoms with Gasteiger partial charge in [0.05, 0.1) is 41.3 Å². The molecule has 2 aromatic carbocycles. The number of aromatic nitrogens is 4. The monoisotopic (exact) mass is 810 g/mol. The van der Waals surface area contributed by atoms with Crippen molar-refractivity contribution in [3.05, 3.63) is 53.8 Å². The molecule has 2 amide bonds. The number of amides is 2. The predicted molar refractivity (Wildman–Crippen MR) is 205 cm³/mol. The number of fused-ring (bicyclic) bond motifs is 2. The van der Waals surface area contributed by atoms with Gasteiger partial charge in [-0.05, 0) is 91.3 Å². The minimum atomic E-state index is -1.12. The molecule has 16 nitrogen and oxygen atoms in total. The number of para-hydroxylation sites is 4. The molecule has 2 aliphatic rings. The summed E-state index contributed by atoms with van der Waals surface area (Å²) in [5.41, 5.74) is 2.45. The van der Waals surface area contributed by atoms with Gasteiger partial charge in [-0.15, -0.1) is 0 Å². The molecule has 2 aromatic heterocycles. The van der Waals surface area contributed by atoms with E-state index >= 15 is 0 Å². The second-order valence-corrected chi connectivity index (χ2v) is 15.4. The number of nitrogens with zero attached hydrogens (tertiary/aromatic N) is 6. The van der Waals surface area contributed by atoms with E-state index in [9.17, 15) is 29.4 Å². The van der Waals surface area contributed by atoms with Crippen LogP contribution in [0, 0.1) is 0 Å². The molecule has 4 atom stereocenters. The number of carbonyl (C=O) groups excluding carboxylic acids is 2. The quantitative estimate of drug-likeness (QED) is 0.241. The van der Waals surface area contributed by atoms with Gasteiger partial charge in [-0.1, -0.05) is 24.3 Å². The number of rotatable bonds is 6. The van der Waals surface area contributed by atoms with Crippen LogP contribution in [0.5, 0.6) is 6.01 Å². The first kappa shape index (κ1) is 46.3. The molecular weight excluding hydrogens is 759 g/mol. The minimum absolute atomic E-state index is 0. The average Bonchev–Trinajstić information content (AvgIpc) is 3.85. The van der Waals surface area contributed by atoms with Crippen molar-refractivity contribution in [2.75, 3.05) is 13.1 Å². The summed E-state index contributed by atoms with van der Waals surface area (Å²) in [6.45, 7) is 16.1. The molecule has 4 aromatic rings. The summed E-state index contributed by atoms with van der Waals surface area (Å²) in [5.74, 6) is -2.20. The van der Waals surface area contributed by atoms with E-state index < -0.39 is 59.6 Å². The Morgan fingerprint density at radius 1 is 0.750 bits per heavy atom. The Morgan fingerprint density at radius 2 is 1.20 bits per heavy atom. The molecule has 0 unspecified atom stereocenters. The maximum Gasteiger partial charge on any atom is 1.00 e. The number of carboxylic acid groups (broad SMARTS) is 2. The topological polar surface area (TPSA) is 199 Å². The van der Waals surface area contributed by atoms with Gasteiger partial charge in [0.25, 0.3) is 6.01 Å². The Kier molecular flexibility index (Phi) is 16.0. The molecule has 0 saturated carbocycles. The van der Waals surface area contributed by atoms with Crippen molar-refractivity contribution < 1.29 is 79.7 Å². The van der Waals surface area contributed by atoms with E-state index in [2.05, 4.69) is 16.9 Å². The van der Waals surface area contributed by atoms with Gasteiger partial charge in [0.2, 0.25) is 5.28 Å². The maximum atomic E-state index is 12.4. The number of imidazole rings is 2. The predicted octanol–water partition coefficient (Wildman–Crippen LogP) is 3.17. The fourth-order valence-corrected chi connectivity index (χ4v) is 6.46. The third kappa shape index (κ3) is 12.0. The summed E-state index contributed by atoms with van der Waals surface area (Å²) in [5, 5.41) is 28.3. The third-order valence-corrected chi connectivity index (χ3v) is 8.79. The molecule has 18 heteroatoms. The molecule has 0 bridgehead atoms. The smallest absolute Gasteiger partial charge is 1.00 e. The van der Waals surface area contributed by atoms with Gasteiger partial charge in [0, 0.05) is 25.9 Å². The van der Waals surface area contributed by atoms with Crippen LogP contribution >= 0.6 is 11.6 Å². The number of aliphatic hydroxyl groups excluding tert-OH is 1. The zero-order valence-electron chi connectivity index (χ0n) is 34.4. The number of hydrogen-bond donors (Lipinski definition) is 3. The maximum absolute atomic E-state index is 12.4. The summed E-state index contributed by atoms with van der Waals surface area (Å²) >= 11 is 5.92. The van der Waals surface area contributed by atoms with Crippen molar-refractivity contribution in [1.82, 2.24) is 28.9 Å². The van der Waals surface area contributed by atoms with Gasteiger partial charge in [-0.25, -0.2) is 24.2 Å². The normalized spacial score (nSPS) is 19.3. The van der Waals surface area contributed by atoms with E-state index in [1.807, 2.05) is 64.6 Å². The molecule has 0 radical (unpaired) electrons. The Balaban J connectivity index is 0.000000318. The molecule has 302 valence electrons. The van der Waals surface area contributed by atoms with Crippen LogP contribution in [0.3, 0.4) is 0 Å². The van der Waals surface area contributed by atoms with Crippen molar-refractivity contribution in [2.45, 2.75) is 117 Å². The van der Waals surface area contributed by atoms with Crippen molar-refractivity contribution in [3.8, 4) is 6.01 Å². The van der Waals surface area contributed by atoms with Gasteiger partial charge in [0.1, 0.15) is 29.4 Å². The molecule has 2 saturated heterocycles. The van der Waals surface area contributed by atoms with Crippen LogP contribution in [-0.2, 0) is 32.2 Å². The van der Waals surface area contributed by atoms with Crippen molar-refractivity contribution in [2.24, 2.45) is 0 Å². The molecule has 3 N–H and O–H groups in total. The van der Waals surface area contributed by atoms with E-state index in [1.54, 1.807) is 41.5 Å². The third-order valence-electron chi connectivity index (χ3n) is 8.50. The van der Waals surface area contributed by atoms with E-state index in [0.717, 1.165) is 33.5 Å². The molecule has 0 aliphatic carbocycles. The van der Waals surface area contributed by atoms with Gasteiger partial charge >= 0.3 is 53.7 Å². The fourth-order valence-electron chi connectivity index (χ4n) is 6.15. The standard InChI is InChI=1S/C19H25N3O5.C10H17NO5.C9H9ClN2.Na.H/c1-5-21-14-9-7-6-8-13(14)20-17(21)26-12-10-15(16(23)24)22(11-12)18(25)27-19(2,3)4;1-10(2,3)16-9(15)11-5-6(12)4-7(11)8(13)14;1-2-12-8-6-4-3-5-7(8)11-9(12)10;;/h6-9,12,15H,5,10-11H2,1-4H3,(H,23,24);6-7,12H,4-5H2,1-3H3,(H,13,14);3-6H,2H2,1H3;;/q;;;+1;-1/t12-,15+;6-,7+;;;/m11.../s1. The Hall–Kier alpha value is -4.09. The van der Waals surface area contributed by atoms with E-state index in [4.69, 9.17) is 30.9 Å². The van der Waals surface area contributed by atoms with Crippen LogP contribution in [0.25, 0.3) is 22.1 Å². The van der Waals surface area contributed by atoms with Crippen molar-refractivity contribution in [1.29, 1.82) is 0 Å². The first-order chi connectivity index (χ1) is 25.7. The van der Waals surface area contributed by atoms with Crippen LogP contribution < -0.4 is 34.3 Å². The number of aliphatic carboxylic acids is 2. The average molecular weight is 811 g/mol. The minimum Gasteiger partial charge on any atom is -1.00 e. The Morgan fingerprint density at radius 3 is 1.68 bits per heavy atom. The molecular formula is C38H52ClN6NaO10. The molecule has 2 aliphatic heterocycles.